The normalized spacial score (nSPS) is 10.8. The molecular formula is C24H16FN7O4. The Kier molecular flexibility index (Phi) is 6.47. The van der Waals surface area contributed by atoms with Gasteiger partial charge in [0, 0.05) is 29.6 Å². The highest BCUT2D eigenvalue weighted by Crippen LogP contribution is 2.17. The van der Waals surface area contributed by atoms with Crippen LogP contribution in [0.25, 0.3) is 11.4 Å². The quantitative estimate of drug-likeness (QED) is 0.252. The molecule has 0 spiro atoms. The number of rotatable bonds is 6. The number of halogens is 1. The number of aromatic nitrogens is 3. The van der Waals surface area contributed by atoms with Crippen LogP contribution < -0.4 is 11.0 Å². The Morgan fingerprint density at radius 2 is 1.83 bits per heavy atom. The summed E-state index contributed by atoms with van der Waals surface area (Å²) in [6.07, 6.45) is 3.07. The number of carbonyl (C=O) groups is 1. The van der Waals surface area contributed by atoms with Crippen molar-refractivity contribution >= 4 is 17.8 Å². The SMILES string of the molecule is Cc1c(C(=O)N/N=C\c2cccn2-c2ccc([N+](=O)[O-])cc2)nn(-c2ccc(F)cc2)c(=O)c1C#N. The highest BCUT2D eigenvalue weighted by molar-refractivity contribution is 5.94. The van der Waals surface area contributed by atoms with Crippen molar-refractivity contribution in [3.63, 3.8) is 0 Å². The second kappa shape index (κ2) is 9.82. The Morgan fingerprint density at radius 3 is 2.47 bits per heavy atom. The van der Waals surface area contributed by atoms with Crippen LogP contribution in [0.5, 0.6) is 0 Å². The van der Waals surface area contributed by atoms with E-state index in [1.54, 1.807) is 41.1 Å². The van der Waals surface area contributed by atoms with Crippen LogP contribution in [0.4, 0.5) is 10.1 Å². The van der Waals surface area contributed by atoms with Crippen molar-refractivity contribution < 1.29 is 14.1 Å². The van der Waals surface area contributed by atoms with Crippen molar-refractivity contribution in [1.29, 1.82) is 5.26 Å². The summed E-state index contributed by atoms with van der Waals surface area (Å²) >= 11 is 0. The first kappa shape index (κ1) is 23.7. The van der Waals surface area contributed by atoms with Crippen LogP contribution in [-0.4, -0.2) is 31.4 Å². The summed E-state index contributed by atoms with van der Waals surface area (Å²) in [7, 11) is 0. The van der Waals surface area contributed by atoms with Gasteiger partial charge in [-0.1, -0.05) is 0 Å². The highest BCUT2D eigenvalue weighted by Gasteiger charge is 2.20. The molecule has 0 aliphatic rings. The molecule has 0 saturated heterocycles. The first-order valence-corrected chi connectivity index (χ1v) is 10.4. The molecule has 178 valence electrons. The van der Waals surface area contributed by atoms with Gasteiger partial charge in [0.25, 0.3) is 17.2 Å². The minimum Gasteiger partial charge on any atom is -0.316 e. The van der Waals surface area contributed by atoms with Crippen LogP contribution in [0.1, 0.15) is 27.3 Å². The fourth-order valence-electron chi connectivity index (χ4n) is 3.39. The van der Waals surface area contributed by atoms with E-state index in [4.69, 9.17) is 0 Å². The predicted octanol–water partition coefficient (Wildman–Crippen LogP) is 3.01. The number of carbonyl (C=O) groups excluding carboxylic acids is 1. The summed E-state index contributed by atoms with van der Waals surface area (Å²) in [5, 5.41) is 28.3. The number of non-ortho nitro benzene ring substituents is 1. The van der Waals surface area contributed by atoms with E-state index in [2.05, 4.69) is 15.6 Å². The lowest BCUT2D eigenvalue weighted by molar-refractivity contribution is -0.384. The molecule has 4 rings (SSSR count). The highest BCUT2D eigenvalue weighted by atomic mass is 19.1. The van der Waals surface area contributed by atoms with Gasteiger partial charge in [-0.15, -0.1) is 0 Å². The Bertz CT molecular complexity index is 1600. The molecule has 2 aromatic carbocycles. The molecule has 1 N–H and O–H groups in total. The number of nitriles is 1. The zero-order valence-electron chi connectivity index (χ0n) is 18.6. The van der Waals surface area contributed by atoms with E-state index < -0.39 is 22.2 Å². The number of nitrogens with zero attached hydrogens (tertiary/aromatic N) is 6. The summed E-state index contributed by atoms with van der Waals surface area (Å²) in [6.45, 7) is 1.42. The molecule has 0 unspecified atom stereocenters. The van der Waals surface area contributed by atoms with Gasteiger partial charge < -0.3 is 4.57 Å². The molecule has 0 radical (unpaired) electrons. The summed E-state index contributed by atoms with van der Waals surface area (Å²) in [4.78, 5) is 35.9. The van der Waals surface area contributed by atoms with Gasteiger partial charge in [-0.2, -0.15) is 20.1 Å². The fraction of sp³-hybridized carbons (Fsp3) is 0.0417. The van der Waals surface area contributed by atoms with Crippen molar-refractivity contribution in [1.82, 2.24) is 19.8 Å². The van der Waals surface area contributed by atoms with Gasteiger partial charge in [0.15, 0.2) is 5.69 Å². The van der Waals surface area contributed by atoms with Gasteiger partial charge in [0.1, 0.15) is 17.4 Å². The average molecular weight is 485 g/mol. The van der Waals surface area contributed by atoms with Crippen molar-refractivity contribution in [2.45, 2.75) is 6.92 Å². The molecule has 36 heavy (non-hydrogen) atoms. The van der Waals surface area contributed by atoms with Crippen LogP contribution in [0.3, 0.4) is 0 Å². The monoisotopic (exact) mass is 485 g/mol. The minimum atomic E-state index is -0.774. The molecule has 2 aromatic heterocycles. The molecule has 0 bridgehead atoms. The van der Waals surface area contributed by atoms with E-state index in [-0.39, 0.29) is 28.2 Å². The third-order valence-electron chi connectivity index (χ3n) is 5.22. The van der Waals surface area contributed by atoms with E-state index in [1.165, 1.54) is 37.4 Å². The van der Waals surface area contributed by atoms with E-state index in [0.29, 0.717) is 11.4 Å². The fourth-order valence-corrected chi connectivity index (χ4v) is 3.39. The maximum atomic E-state index is 13.3. The average Bonchev–Trinajstić information content (AvgIpc) is 3.33. The maximum absolute atomic E-state index is 13.3. The van der Waals surface area contributed by atoms with Gasteiger partial charge in [0.05, 0.1) is 22.5 Å². The Hall–Kier alpha value is -5.44. The van der Waals surface area contributed by atoms with Crippen molar-refractivity contribution in [2.75, 3.05) is 0 Å². The van der Waals surface area contributed by atoms with E-state index in [1.807, 2.05) is 0 Å². The predicted molar refractivity (Wildman–Crippen MR) is 127 cm³/mol. The number of hydrazone groups is 1. The summed E-state index contributed by atoms with van der Waals surface area (Å²) in [5.74, 6) is -1.30. The number of nitro groups is 1. The number of benzene rings is 2. The maximum Gasteiger partial charge on any atom is 0.292 e. The van der Waals surface area contributed by atoms with Gasteiger partial charge >= 0.3 is 0 Å². The molecule has 1 amide bonds. The number of hydrogen-bond acceptors (Lipinski definition) is 7. The first-order chi connectivity index (χ1) is 17.3. The van der Waals surface area contributed by atoms with Crippen molar-refractivity contribution in [3.8, 4) is 17.4 Å². The van der Waals surface area contributed by atoms with Crippen molar-refractivity contribution in [2.24, 2.45) is 5.10 Å². The molecule has 12 heteroatoms. The lowest BCUT2D eigenvalue weighted by atomic mass is 10.1. The number of amides is 1. The second-order valence-corrected chi connectivity index (χ2v) is 7.43. The molecular weight excluding hydrogens is 469 g/mol. The Balaban J connectivity index is 1.60. The molecule has 0 fully saturated rings. The summed E-state index contributed by atoms with van der Waals surface area (Å²) < 4.78 is 15.8. The Morgan fingerprint density at radius 1 is 1.17 bits per heavy atom. The molecule has 0 saturated carbocycles. The lowest BCUT2D eigenvalue weighted by Crippen LogP contribution is -2.31. The van der Waals surface area contributed by atoms with Gasteiger partial charge in [-0.25, -0.2) is 9.82 Å². The lowest BCUT2D eigenvalue weighted by Gasteiger charge is -2.10. The van der Waals surface area contributed by atoms with Gasteiger partial charge in [-0.05, 0) is 55.5 Å². The smallest absolute Gasteiger partial charge is 0.292 e. The molecule has 0 atom stereocenters. The third kappa shape index (κ3) is 4.62. The third-order valence-corrected chi connectivity index (χ3v) is 5.22. The summed E-state index contributed by atoms with van der Waals surface area (Å²) in [5.41, 5.74) is 2.48. The molecule has 0 aliphatic carbocycles. The summed E-state index contributed by atoms with van der Waals surface area (Å²) in [6, 6.07) is 16.0. The zero-order chi connectivity index (χ0) is 25.8. The first-order valence-electron chi connectivity index (χ1n) is 10.4. The number of nitro benzene ring substituents is 1. The molecule has 11 nitrogen and oxygen atoms in total. The van der Waals surface area contributed by atoms with Crippen LogP contribution in [0.2, 0.25) is 0 Å². The van der Waals surface area contributed by atoms with Crippen LogP contribution in [0, 0.1) is 34.2 Å². The molecule has 2 heterocycles. The molecule has 0 aliphatic heterocycles. The van der Waals surface area contributed by atoms with Gasteiger partial charge in [0.2, 0.25) is 0 Å². The zero-order valence-corrected chi connectivity index (χ0v) is 18.6. The molecule has 4 aromatic rings. The number of nitrogens with one attached hydrogen (secondary N) is 1. The number of hydrogen-bond donors (Lipinski definition) is 1. The topological polar surface area (TPSA) is 148 Å². The van der Waals surface area contributed by atoms with Crippen LogP contribution in [0.15, 0.2) is 76.8 Å². The van der Waals surface area contributed by atoms with Gasteiger partial charge in [-0.3, -0.25) is 19.7 Å². The minimum absolute atomic E-state index is 0.0463. The van der Waals surface area contributed by atoms with E-state index in [0.717, 1.165) is 16.8 Å². The Labute approximate surface area is 202 Å². The van der Waals surface area contributed by atoms with Crippen molar-refractivity contribution in [3.05, 3.63) is 116 Å². The standard InChI is InChI=1S/C24H16FN7O4/c1-15-21(13-26)24(34)31(18-6-4-16(25)5-7-18)29-22(15)23(33)28-27-14-20-3-2-12-30(20)17-8-10-19(11-9-17)32(35)36/h2-12,14H,1H3,(H,28,33)/b27-14-. The van der Waals surface area contributed by atoms with E-state index in [9.17, 15) is 29.4 Å². The van der Waals surface area contributed by atoms with Crippen LogP contribution in [-0.2, 0) is 0 Å². The van der Waals surface area contributed by atoms with E-state index >= 15 is 0 Å². The largest absolute Gasteiger partial charge is 0.316 e. The second-order valence-electron chi connectivity index (χ2n) is 7.43. The van der Waals surface area contributed by atoms with Crippen LogP contribution >= 0.6 is 0 Å².